The second-order valence-corrected chi connectivity index (χ2v) is 4.68. The van der Waals surface area contributed by atoms with Crippen LogP contribution in [0.1, 0.15) is 17.5 Å². The number of hydrogen-bond donors (Lipinski definition) is 1. The normalized spacial score (nSPS) is 29.1. The first-order valence-corrected chi connectivity index (χ1v) is 5.90. The number of nitrogens with one attached hydrogen (secondary N) is 1. The quantitative estimate of drug-likeness (QED) is 0.677. The highest BCUT2D eigenvalue weighted by Crippen LogP contribution is 2.29. The van der Waals surface area contributed by atoms with Gasteiger partial charge in [-0.3, -0.25) is 0 Å². The first-order valence-electron chi connectivity index (χ1n) is 5.90. The second-order valence-electron chi connectivity index (χ2n) is 4.68. The fourth-order valence-electron chi connectivity index (χ4n) is 2.81. The summed E-state index contributed by atoms with van der Waals surface area (Å²) in [5.41, 5.74) is 2.94. The summed E-state index contributed by atoms with van der Waals surface area (Å²) in [6.45, 7) is 2.37. The molecular weight excluding hydrogens is 182 g/mol. The molecule has 78 valence electrons. The molecule has 0 saturated carbocycles. The third-order valence-electron chi connectivity index (χ3n) is 3.73. The van der Waals surface area contributed by atoms with Crippen LogP contribution in [-0.2, 0) is 6.42 Å². The van der Waals surface area contributed by atoms with Gasteiger partial charge in [-0.05, 0) is 48.9 Å². The predicted octanol–water partition coefficient (Wildman–Crippen LogP) is 2.48. The standard InChI is InChI=1S/C14H17N/c1-2-4-13-9-14-10-15-8-7-12(14)6-5-11(13)3-1/h1-6,12,14-15H,7-10H2/t12-,14-/m1/s1. The predicted molar refractivity (Wildman–Crippen MR) is 63.6 cm³/mol. The molecule has 1 nitrogen and oxygen atoms in total. The van der Waals surface area contributed by atoms with Gasteiger partial charge >= 0.3 is 0 Å². The average Bonchev–Trinajstić information content (AvgIpc) is 2.48. The van der Waals surface area contributed by atoms with Crippen LogP contribution < -0.4 is 5.32 Å². The molecule has 3 rings (SSSR count). The minimum absolute atomic E-state index is 0.790. The van der Waals surface area contributed by atoms with E-state index in [1.165, 1.54) is 37.1 Å². The van der Waals surface area contributed by atoms with Gasteiger partial charge in [0.15, 0.2) is 0 Å². The van der Waals surface area contributed by atoms with Gasteiger partial charge in [0.1, 0.15) is 0 Å². The van der Waals surface area contributed by atoms with Gasteiger partial charge in [-0.1, -0.05) is 36.4 Å². The molecule has 2 aliphatic rings. The fourth-order valence-corrected chi connectivity index (χ4v) is 2.81. The molecule has 0 bridgehead atoms. The molecule has 1 aromatic rings. The van der Waals surface area contributed by atoms with Gasteiger partial charge in [-0.25, -0.2) is 0 Å². The number of allylic oxidation sites excluding steroid dienone is 1. The Morgan fingerprint density at radius 3 is 3.13 bits per heavy atom. The van der Waals surface area contributed by atoms with Crippen molar-refractivity contribution in [2.75, 3.05) is 13.1 Å². The minimum Gasteiger partial charge on any atom is -0.316 e. The number of piperidine rings is 1. The largest absolute Gasteiger partial charge is 0.316 e. The third-order valence-corrected chi connectivity index (χ3v) is 3.73. The summed E-state index contributed by atoms with van der Waals surface area (Å²) in [4.78, 5) is 0. The van der Waals surface area contributed by atoms with Crippen molar-refractivity contribution in [3.8, 4) is 0 Å². The van der Waals surface area contributed by atoms with E-state index in [1.54, 1.807) is 0 Å². The van der Waals surface area contributed by atoms with Crippen molar-refractivity contribution in [2.45, 2.75) is 12.8 Å². The number of rotatable bonds is 0. The van der Waals surface area contributed by atoms with Crippen molar-refractivity contribution in [1.82, 2.24) is 5.32 Å². The molecule has 0 amide bonds. The SMILES string of the molecule is C1=C[C@@H]2CCNC[C@H]2Cc2ccccc21. The lowest BCUT2D eigenvalue weighted by Crippen LogP contribution is -2.36. The average molecular weight is 199 g/mol. The lowest BCUT2D eigenvalue weighted by molar-refractivity contribution is 0.303. The topological polar surface area (TPSA) is 12.0 Å². The van der Waals surface area contributed by atoms with E-state index in [1.807, 2.05) is 0 Å². The second kappa shape index (κ2) is 3.82. The molecule has 1 heterocycles. The molecule has 0 aromatic heterocycles. The van der Waals surface area contributed by atoms with E-state index in [4.69, 9.17) is 0 Å². The zero-order valence-electron chi connectivity index (χ0n) is 8.95. The zero-order valence-corrected chi connectivity index (χ0v) is 8.95. The maximum atomic E-state index is 3.51. The van der Waals surface area contributed by atoms with Crippen molar-refractivity contribution in [3.63, 3.8) is 0 Å². The molecule has 0 radical (unpaired) electrons. The van der Waals surface area contributed by atoms with Gasteiger partial charge in [0.2, 0.25) is 0 Å². The summed E-state index contributed by atoms with van der Waals surface area (Å²) in [6, 6.07) is 8.80. The van der Waals surface area contributed by atoms with Crippen LogP contribution in [0.2, 0.25) is 0 Å². The van der Waals surface area contributed by atoms with Crippen LogP contribution in [0.3, 0.4) is 0 Å². The number of fused-ring (bicyclic) bond motifs is 2. The Kier molecular flexibility index (Phi) is 2.34. The molecular formula is C14H17N. The highest BCUT2D eigenvalue weighted by Gasteiger charge is 2.25. The van der Waals surface area contributed by atoms with Crippen LogP contribution in [0.4, 0.5) is 0 Å². The first-order chi connectivity index (χ1) is 7.43. The Morgan fingerprint density at radius 2 is 2.13 bits per heavy atom. The lowest BCUT2D eigenvalue weighted by atomic mass is 9.83. The highest BCUT2D eigenvalue weighted by molar-refractivity contribution is 5.55. The molecule has 2 atom stereocenters. The van der Waals surface area contributed by atoms with Gasteiger partial charge in [0.25, 0.3) is 0 Å². The molecule has 1 N–H and O–H groups in total. The summed E-state index contributed by atoms with van der Waals surface area (Å²) >= 11 is 0. The van der Waals surface area contributed by atoms with Gasteiger partial charge < -0.3 is 5.32 Å². The van der Waals surface area contributed by atoms with Gasteiger partial charge in [0.05, 0.1) is 0 Å². The Morgan fingerprint density at radius 1 is 1.20 bits per heavy atom. The third kappa shape index (κ3) is 1.72. The van der Waals surface area contributed by atoms with Crippen LogP contribution in [0.5, 0.6) is 0 Å². The van der Waals surface area contributed by atoms with Crippen molar-refractivity contribution in [1.29, 1.82) is 0 Å². The summed E-state index contributed by atoms with van der Waals surface area (Å²) in [6.07, 6.45) is 7.29. The van der Waals surface area contributed by atoms with E-state index in [9.17, 15) is 0 Å². The minimum atomic E-state index is 0.790. The van der Waals surface area contributed by atoms with E-state index in [-0.39, 0.29) is 0 Å². The van der Waals surface area contributed by atoms with Crippen molar-refractivity contribution in [2.24, 2.45) is 11.8 Å². The van der Waals surface area contributed by atoms with E-state index in [0.29, 0.717) is 0 Å². The van der Waals surface area contributed by atoms with E-state index >= 15 is 0 Å². The molecule has 1 saturated heterocycles. The molecule has 1 aromatic carbocycles. The van der Waals surface area contributed by atoms with Gasteiger partial charge in [-0.15, -0.1) is 0 Å². The molecule has 0 spiro atoms. The van der Waals surface area contributed by atoms with Crippen molar-refractivity contribution >= 4 is 6.08 Å². The molecule has 1 aliphatic heterocycles. The summed E-state index contributed by atoms with van der Waals surface area (Å²) in [5.74, 6) is 1.59. The summed E-state index contributed by atoms with van der Waals surface area (Å²) in [5, 5.41) is 3.51. The van der Waals surface area contributed by atoms with Crippen LogP contribution in [0, 0.1) is 11.8 Å². The smallest absolute Gasteiger partial charge is 0.00117 e. The number of hydrogen-bond acceptors (Lipinski definition) is 1. The molecule has 1 aliphatic carbocycles. The zero-order chi connectivity index (χ0) is 10.1. The summed E-state index contributed by atoms with van der Waals surface area (Å²) in [7, 11) is 0. The lowest BCUT2D eigenvalue weighted by Gasteiger charge is -2.29. The molecule has 1 heteroatoms. The fraction of sp³-hybridized carbons (Fsp3) is 0.429. The Labute approximate surface area is 91.2 Å². The maximum absolute atomic E-state index is 3.51. The Hall–Kier alpha value is -1.08. The molecule has 15 heavy (non-hydrogen) atoms. The van der Waals surface area contributed by atoms with Crippen LogP contribution >= 0.6 is 0 Å². The first kappa shape index (κ1) is 9.17. The van der Waals surface area contributed by atoms with Gasteiger partial charge in [0, 0.05) is 0 Å². The van der Waals surface area contributed by atoms with E-state index in [2.05, 4.69) is 41.7 Å². The Balaban J connectivity index is 1.95. The highest BCUT2D eigenvalue weighted by atomic mass is 14.9. The van der Waals surface area contributed by atoms with Crippen LogP contribution in [0.15, 0.2) is 30.3 Å². The molecule has 0 unspecified atom stereocenters. The maximum Gasteiger partial charge on any atom is -0.00117 e. The van der Waals surface area contributed by atoms with Crippen molar-refractivity contribution in [3.05, 3.63) is 41.5 Å². The Bertz CT molecular complexity index is 381. The van der Waals surface area contributed by atoms with Crippen LogP contribution in [0.25, 0.3) is 6.08 Å². The summed E-state index contributed by atoms with van der Waals surface area (Å²) < 4.78 is 0. The van der Waals surface area contributed by atoms with Crippen molar-refractivity contribution < 1.29 is 0 Å². The van der Waals surface area contributed by atoms with Crippen LogP contribution in [-0.4, -0.2) is 13.1 Å². The monoisotopic (exact) mass is 199 g/mol. The van der Waals surface area contributed by atoms with E-state index < -0.39 is 0 Å². The van der Waals surface area contributed by atoms with Gasteiger partial charge in [-0.2, -0.15) is 0 Å². The van der Waals surface area contributed by atoms with E-state index in [0.717, 1.165) is 11.8 Å². The number of benzene rings is 1. The molecule has 1 fully saturated rings.